The average molecular weight is 364 g/mol. The van der Waals surface area contributed by atoms with E-state index in [1.165, 1.54) is 17.5 Å². The number of piperazine rings is 1. The van der Waals surface area contributed by atoms with Gasteiger partial charge in [-0.25, -0.2) is 0 Å². The largest absolute Gasteiger partial charge is 0.497 e. The topological polar surface area (TPSA) is 49.9 Å². The number of amides is 2. The van der Waals surface area contributed by atoms with Gasteiger partial charge in [0.1, 0.15) is 11.8 Å². The number of anilines is 1. The van der Waals surface area contributed by atoms with E-state index >= 15 is 0 Å². The normalized spacial score (nSPS) is 19.2. The van der Waals surface area contributed by atoms with E-state index in [1.807, 2.05) is 17.9 Å². The molecule has 27 heavy (non-hydrogen) atoms. The van der Waals surface area contributed by atoms with Gasteiger partial charge >= 0.3 is 0 Å². The number of fused-ring (bicyclic) bond motifs is 1. The third-order valence-electron chi connectivity index (χ3n) is 5.65. The van der Waals surface area contributed by atoms with Gasteiger partial charge in [0, 0.05) is 24.3 Å². The van der Waals surface area contributed by atoms with Crippen LogP contribution in [0.3, 0.4) is 0 Å². The highest BCUT2D eigenvalue weighted by molar-refractivity contribution is 6.03. The second-order valence-electron chi connectivity index (χ2n) is 7.20. The number of aryl methyl sites for hydroxylation is 2. The van der Waals surface area contributed by atoms with Crippen molar-refractivity contribution in [1.29, 1.82) is 0 Å². The van der Waals surface area contributed by atoms with Crippen molar-refractivity contribution in [3.05, 3.63) is 59.2 Å². The summed E-state index contributed by atoms with van der Waals surface area (Å²) < 4.78 is 5.14. The van der Waals surface area contributed by atoms with E-state index in [1.54, 1.807) is 36.3 Å². The van der Waals surface area contributed by atoms with Crippen molar-refractivity contribution in [2.45, 2.75) is 32.2 Å². The second-order valence-corrected chi connectivity index (χ2v) is 7.20. The number of hydrogen-bond donors (Lipinski definition) is 0. The summed E-state index contributed by atoms with van der Waals surface area (Å²) in [4.78, 5) is 29.3. The van der Waals surface area contributed by atoms with Crippen LogP contribution in [0.4, 0.5) is 5.69 Å². The molecule has 0 spiro atoms. The lowest BCUT2D eigenvalue weighted by atomic mass is 10.1. The summed E-state index contributed by atoms with van der Waals surface area (Å²) in [7, 11) is 1.59. The van der Waals surface area contributed by atoms with Gasteiger partial charge in [0.05, 0.1) is 7.11 Å². The minimum atomic E-state index is -0.485. The Bertz CT molecular complexity index is 876. The fourth-order valence-corrected chi connectivity index (χ4v) is 4.03. The molecule has 4 rings (SSSR count). The molecule has 1 aliphatic heterocycles. The van der Waals surface area contributed by atoms with Gasteiger partial charge in [0.25, 0.3) is 5.91 Å². The molecule has 0 bridgehead atoms. The molecule has 5 nitrogen and oxygen atoms in total. The number of carbonyl (C=O) groups is 2. The van der Waals surface area contributed by atoms with E-state index in [4.69, 9.17) is 4.74 Å². The molecule has 5 heteroatoms. The molecule has 1 saturated heterocycles. The van der Waals surface area contributed by atoms with Crippen LogP contribution in [-0.4, -0.2) is 43.0 Å². The third-order valence-corrected chi connectivity index (χ3v) is 5.65. The van der Waals surface area contributed by atoms with Gasteiger partial charge in [-0.3, -0.25) is 9.59 Å². The number of carbonyl (C=O) groups excluding carboxylic acids is 2. The molecule has 0 aromatic heterocycles. The zero-order valence-electron chi connectivity index (χ0n) is 15.8. The lowest BCUT2D eigenvalue weighted by Crippen LogP contribution is -2.57. The van der Waals surface area contributed by atoms with Crippen molar-refractivity contribution in [2.75, 3.05) is 25.1 Å². The number of methoxy groups -OCH3 is 1. The number of rotatable bonds is 3. The number of nitrogens with zero attached hydrogens (tertiary/aromatic N) is 2. The van der Waals surface area contributed by atoms with Gasteiger partial charge in [0.15, 0.2) is 0 Å². The Kier molecular flexibility index (Phi) is 4.60. The van der Waals surface area contributed by atoms with Crippen molar-refractivity contribution in [3.63, 3.8) is 0 Å². The zero-order chi connectivity index (χ0) is 19.0. The predicted molar refractivity (Wildman–Crippen MR) is 104 cm³/mol. The molecule has 0 N–H and O–H groups in total. The van der Waals surface area contributed by atoms with Gasteiger partial charge in [-0.1, -0.05) is 6.07 Å². The van der Waals surface area contributed by atoms with Crippen LogP contribution in [0.15, 0.2) is 42.5 Å². The smallest absolute Gasteiger partial charge is 0.254 e. The van der Waals surface area contributed by atoms with Gasteiger partial charge in [-0.15, -0.1) is 0 Å². The maximum atomic E-state index is 13.0. The van der Waals surface area contributed by atoms with Gasteiger partial charge in [-0.2, -0.15) is 0 Å². The minimum absolute atomic E-state index is 0.0268. The van der Waals surface area contributed by atoms with Crippen LogP contribution in [0.2, 0.25) is 0 Å². The first-order chi connectivity index (χ1) is 13.1. The Morgan fingerprint density at radius 1 is 1.04 bits per heavy atom. The molecule has 0 radical (unpaired) electrons. The molecule has 2 aromatic rings. The third kappa shape index (κ3) is 3.18. The van der Waals surface area contributed by atoms with Crippen molar-refractivity contribution >= 4 is 17.5 Å². The van der Waals surface area contributed by atoms with Crippen molar-refractivity contribution < 1.29 is 14.3 Å². The molecule has 0 saturated carbocycles. The van der Waals surface area contributed by atoms with Crippen LogP contribution in [0, 0.1) is 0 Å². The molecule has 1 heterocycles. The molecular weight excluding hydrogens is 340 g/mol. The first kappa shape index (κ1) is 17.6. The summed E-state index contributed by atoms with van der Waals surface area (Å²) in [5.41, 5.74) is 4.27. The van der Waals surface area contributed by atoms with Crippen molar-refractivity contribution in [1.82, 2.24) is 4.90 Å². The van der Waals surface area contributed by atoms with Crippen LogP contribution in [0.25, 0.3) is 0 Å². The summed E-state index contributed by atoms with van der Waals surface area (Å²) in [5.74, 6) is 0.560. The highest BCUT2D eigenvalue weighted by atomic mass is 16.5. The SMILES string of the molecule is COc1ccc(C(=O)N2CCN(c3ccc4c(c3)CCC4)C(=O)C2C)cc1. The molecule has 2 aliphatic rings. The number of hydrogen-bond acceptors (Lipinski definition) is 3. The Labute approximate surface area is 159 Å². The Morgan fingerprint density at radius 3 is 2.52 bits per heavy atom. The summed E-state index contributed by atoms with van der Waals surface area (Å²) in [5, 5.41) is 0. The van der Waals surface area contributed by atoms with E-state index in [0.29, 0.717) is 24.4 Å². The van der Waals surface area contributed by atoms with Gasteiger partial charge in [-0.05, 0) is 73.7 Å². The molecule has 2 aromatic carbocycles. The van der Waals surface area contributed by atoms with Crippen LogP contribution in [0.1, 0.15) is 34.8 Å². The fourth-order valence-electron chi connectivity index (χ4n) is 4.03. The molecule has 1 unspecified atom stereocenters. The van der Waals surface area contributed by atoms with Crippen LogP contribution in [0.5, 0.6) is 5.75 Å². The summed E-state index contributed by atoms with van der Waals surface area (Å²) in [6, 6.07) is 12.9. The van der Waals surface area contributed by atoms with E-state index in [-0.39, 0.29) is 11.8 Å². The lowest BCUT2D eigenvalue weighted by Gasteiger charge is -2.39. The molecule has 1 atom stereocenters. The predicted octanol–water partition coefficient (Wildman–Crippen LogP) is 3.06. The Hall–Kier alpha value is -2.82. The quantitative estimate of drug-likeness (QED) is 0.841. The van der Waals surface area contributed by atoms with Crippen LogP contribution in [-0.2, 0) is 17.6 Å². The number of benzene rings is 2. The highest BCUT2D eigenvalue weighted by Crippen LogP contribution is 2.29. The van der Waals surface area contributed by atoms with Crippen molar-refractivity contribution in [2.24, 2.45) is 0 Å². The molecule has 140 valence electrons. The monoisotopic (exact) mass is 364 g/mol. The van der Waals surface area contributed by atoms with Crippen LogP contribution < -0.4 is 9.64 Å². The fraction of sp³-hybridized carbons (Fsp3) is 0.364. The maximum absolute atomic E-state index is 13.0. The van der Waals surface area contributed by atoms with Gasteiger partial charge < -0.3 is 14.5 Å². The zero-order valence-corrected chi connectivity index (χ0v) is 15.8. The summed E-state index contributed by atoms with van der Waals surface area (Å²) in [6.45, 7) is 2.85. The first-order valence-electron chi connectivity index (χ1n) is 9.46. The molecule has 1 aliphatic carbocycles. The lowest BCUT2D eigenvalue weighted by molar-refractivity contribution is -0.124. The second kappa shape index (κ2) is 7.06. The minimum Gasteiger partial charge on any atom is -0.497 e. The van der Waals surface area contributed by atoms with Crippen molar-refractivity contribution in [3.8, 4) is 5.75 Å². The Balaban J connectivity index is 1.51. The van der Waals surface area contributed by atoms with E-state index in [2.05, 4.69) is 12.1 Å². The molecular formula is C22H24N2O3. The van der Waals surface area contributed by atoms with E-state index in [9.17, 15) is 9.59 Å². The first-order valence-corrected chi connectivity index (χ1v) is 9.46. The average Bonchev–Trinajstić information content (AvgIpc) is 3.17. The van der Waals surface area contributed by atoms with Crippen LogP contribution >= 0.6 is 0 Å². The standard InChI is InChI=1S/C22H24N2O3/c1-15-21(25)24(19-9-6-16-4-3-5-18(16)14-19)13-12-23(15)22(26)17-7-10-20(27-2)11-8-17/h6-11,14-15H,3-5,12-13H2,1-2H3. The van der Waals surface area contributed by atoms with Gasteiger partial charge in [0.2, 0.25) is 5.91 Å². The van der Waals surface area contributed by atoms with E-state index < -0.39 is 6.04 Å². The van der Waals surface area contributed by atoms with E-state index in [0.717, 1.165) is 18.5 Å². The molecule has 2 amide bonds. The molecule has 1 fully saturated rings. The number of ether oxygens (including phenoxy) is 1. The maximum Gasteiger partial charge on any atom is 0.254 e. The summed E-state index contributed by atoms with van der Waals surface area (Å²) in [6.07, 6.45) is 3.40. The summed E-state index contributed by atoms with van der Waals surface area (Å²) >= 11 is 0. The highest BCUT2D eigenvalue weighted by Gasteiger charge is 2.35. The Morgan fingerprint density at radius 2 is 1.78 bits per heavy atom.